The van der Waals surface area contributed by atoms with Crippen molar-refractivity contribution < 1.29 is 14.6 Å². The van der Waals surface area contributed by atoms with Crippen LogP contribution in [0.1, 0.15) is 18.1 Å². The van der Waals surface area contributed by atoms with Gasteiger partial charge in [0.25, 0.3) is 0 Å². The molecule has 4 N–H and O–H groups in total. The topological polar surface area (TPSA) is 96.4 Å². The summed E-state index contributed by atoms with van der Waals surface area (Å²) in [7, 11) is 0. The monoisotopic (exact) mass is 296 g/mol. The van der Waals surface area contributed by atoms with Crippen molar-refractivity contribution in [2.75, 3.05) is 0 Å². The fourth-order valence-electron chi connectivity index (χ4n) is 1.79. The molecular weight excluding hydrogens is 280 g/mol. The Balaban J connectivity index is 2.11. The fraction of sp³-hybridized carbons (Fsp3) is 0.0588. The first-order chi connectivity index (χ1) is 10.5. The molecule has 2 aromatic rings. The van der Waals surface area contributed by atoms with Gasteiger partial charge in [-0.2, -0.15) is 0 Å². The molecule has 5 heteroatoms. The maximum atomic E-state index is 12.0. The molecule has 0 atom stereocenters. The second kappa shape index (κ2) is 6.58. The predicted molar refractivity (Wildman–Crippen MR) is 84.9 cm³/mol. The van der Waals surface area contributed by atoms with E-state index in [1.54, 1.807) is 61.5 Å². The van der Waals surface area contributed by atoms with E-state index in [1.165, 1.54) is 0 Å². The number of carbonyl (C=O) groups is 1. The first kappa shape index (κ1) is 15.3. The summed E-state index contributed by atoms with van der Waals surface area (Å²) in [4.78, 5) is 12.0. The van der Waals surface area contributed by atoms with Crippen LogP contribution in [0, 0.1) is 5.41 Å². The van der Waals surface area contributed by atoms with Gasteiger partial charge in [-0.05, 0) is 43.3 Å². The molecule has 0 aliphatic heterocycles. The van der Waals surface area contributed by atoms with Crippen LogP contribution in [0.5, 0.6) is 11.5 Å². The summed E-state index contributed by atoms with van der Waals surface area (Å²) >= 11 is 0. The first-order valence-electron chi connectivity index (χ1n) is 6.60. The lowest BCUT2D eigenvalue weighted by Gasteiger charge is -2.06. The van der Waals surface area contributed by atoms with E-state index >= 15 is 0 Å². The van der Waals surface area contributed by atoms with Crippen LogP contribution in [0.4, 0.5) is 0 Å². The van der Waals surface area contributed by atoms with Crippen LogP contribution < -0.4 is 10.5 Å². The quantitative estimate of drug-likeness (QED) is 0.266. The number of rotatable bonds is 4. The number of esters is 1. The predicted octanol–water partition coefficient (Wildman–Crippen LogP) is 2.69. The molecule has 0 aliphatic rings. The standard InChI is InChI=1S/C17H16N2O3/c1-11(10-13-4-2-3-5-15(13)20)17(21)22-14-8-6-12(7-9-14)16(18)19/h2-10,20H,1H3,(H3,18,19). The van der Waals surface area contributed by atoms with Crippen LogP contribution in [-0.2, 0) is 4.79 Å². The van der Waals surface area contributed by atoms with Gasteiger partial charge in [-0.1, -0.05) is 18.2 Å². The Morgan fingerprint density at radius 1 is 1.18 bits per heavy atom. The van der Waals surface area contributed by atoms with Gasteiger partial charge in [-0.15, -0.1) is 0 Å². The summed E-state index contributed by atoms with van der Waals surface area (Å²) in [5.74, 6) is -0.104. The van der Waals surface area contributed by atoms with E-state index in [9.17, 15) is 9.90 Å². The fourth-order valence-corrected chi connectivity index (χ4v) is 1.79. The van der Waals surface area contributed by atoms with Gasteiger partial charge in [-0.25, -0.2) is 4.79 Å². The van der Waals surface area contributed by atoms with Gasteiger partial charge in [-0.3, -0.25) is 5.41 Å². The largest absolute Gasteiger partial charge is 0.507 e. The highest BCUT2D eigenvalue weighted by molar-refractivity contribution is 5.96. The number of phenols is 1. The Kier molecular flexibility index (Phi) is 4.58. The molecule has 0 saturated heterocycles. The molecule has 0 fully saturated rings. The second-order valence-corrected chi connectivity index (χ2v) is 4.71. The molecule has 0 unspecified atom stereocenters. The number of ether oxygens (including phenoxy) is 1. The van der Waals surface area contributed by atoms with Gasteiger partial charge >= 0.3 is 5.97 Å². The van der Waals surface area contributed by atoms with Crippen molar-refractivity contribution in [2.45, 2.75) is 6.92 Å². The Morgan fingerprint density at radius 2 is 1.82 bits per heavy atom. The third-order valence-corrected chi connectivity index (χ3v) is 3.01. The van der Waals surface area contributed by atoms with E-state index < -0.39 is 5.97 Å². The summed E-state index contributed by atoms with van der Waals surface area (Å²) in [5.41, 5.74) is 6.82. The number of amidine groups is 1. The number of para-hydroxylation sites is 1. The molecule has 0 spiro atoms. The molecule has 0 aliphatic carbocycles. The molecule has 0 bridgehead atoms. The Labute approximate surface area is 128 Å². The van der Waals surface area contributed by atoms with Gasteiger partial charge in [0.05, 0.1) is 0 Å². The van der Waals surface area contributed by atoms with Crippen molar-refractivity contribution >= 4 is 17.9 Å². The second-order valence-electron chi connectivity index (χ2n) is 4.71. The maximum absolute atomic E-state index is 12.0. The maximum Gasteiger partial charge on any atom is 0.339 e. The average Bonchev–Trinajstić information content (AvgIpc) is 2.50. The summed E-state index contributed by atoms with van der Waals surface area (Å²) in [6.07, 6.45) is 1.56. The molecule has 0 amide bonds. The van der Waals surface area contributed by atoms with E-state index in [0.717, 1.165) is 0 Å². The minimum atomic E-state index is -0.515. The Bertz CT molecular complexity index is 734. The SMILES string of the molecule is CC(=Cc1ccccc1O)C(=O)Oc1ccc(C(=N)N)cc1. The van der Waals surface area contributed by atoms with E-state index in [4.69, 9.17) is 15.9 Å². The number of aromatic hydroxyl groups is 1. The number of benzene rings is 2. The third-order valence-electron chi connectivity index (χ3n) is 3.01. The van der Waals surface area contributed by atoms with Gasteiger partial charge in [0.1, 0.15) is 17.3 Å². The van der Waals surface area contributed by atoms with E-state index in [-0.39, 0.29) is 11.6 Å². The average molecular weight is 296 g/mol. The van der Waals surface area contributed by atoms with E-state index in [1.807, 2.05) is 0 Å². The van der Waals surface area contributed by atoms with Crippen LogP contribution in [-0.4, -0.2) is 16.9 Å². The Hall–Kier alpha value is -3.08. The smallest absolute Gasteiger partial charge is 0.339 e. The Morgan fingerprint density at radius 3 is 2.41 bits per heavy atom. The number of nitrogens with one attached hydrogen (secondary N) is 1. The summed E-state index contributed by atoms with van der Waals surface area (Å²) in [5, 5.41) is 17.0. The molecule has 22 heavy (non-hydrogen) atoms. The summed E-state index contributed by atoms with van der Waals surface area (Å²) in [6, 6.07) is 13.1. The van der Waals surface area contributed by atoms with Crippen molar-refractivity contribution in [3.05, 3.63) is 65.2 Å². The van der Waals surface area contributed by atoms with E-state index in [2.05, 4.69) is 0 Å². The van der Waals surface area contributed by atoms with Gasteiger partial charge in [0.2, 0.25) is 0 Å². The minimum absolute atomic E-state index is 0.0477. The zero-order valence-electron chi connectivity index (χ0n) is 12.0. The highest BCUT2D eigenvalue weighted by atomic mass is 16.5. The summed E-state index contributed by atoms with van der Waals surface area (Å²) < 4.78 is 5.22. The van der Waals surface area contributed by atoms with Crippen molar-refractivity contribution in [3.8, 4) is 11.5 Å². The number of nitrogens with two attached hydrogens (primary N) is 1. The van der Waals surface area contributed by atoms with Gasteiger partial charge < -0.3 is 15.6 Å². The van der Waals surface area contributed by atoms with Crippen LogP contribution in [0.3, 0.4) is 0 Å². The van der Waals surface area contributed by atoms with Crippen LogP contribution >= 0.6 is 0 Å². The van der Waals surface area contributed by atoms with Crippen molar-refractivity contribution in [1.29, 1.82) is 5.41 Å². The molecule has 0 aromatic heterocycles. The highest BCUT2D eigenvalue weighted by Crippen LogP contribution is 2.20. The zero-order valence-corrected chi connectivity index (χ0v) is 12.0. The number of hydrogen-bond acceptors (Lipinski definition) is 4. The van der Waals surface area contributed by atoms with Crippen molar-refractivity contribution in [1.82, 2.24) is 0 Å². The lowest BCUT2D eigenvalue weighted by Crippen LogP contribution is -2.12. The number of nitrogen functional groups attached to an aromatic ring is 1. The molecule has 5 nitrogen and oxygen atoms in total. The van der Waals surface area contributed by atoms with Crippen LogP contribution in [0.25, 0.3) is 6.08 Å². The number of carbonyl (C=O) groups excluding carboxylic acids is 1. The van der Waals surface area contributed by atoms with Crippen molar-refractivity contribution in [2.24, 2.45) is 5.73 Å². The highest BCUT2D eigenvalue weighted by Gasteiger charge is 2.09. The first-order valence-corrected chi connectivity index (χ1v) is 6.60. The normalized spacial score (nSPS) is 11.0. The molecule has 0 saturated carbocycles. The number of hydrogen-bond donors (Lipinski definition) is 3. The molecule has 0 heterocycles. The molecule has 2 rings (SSSR count). The van der Waals surface area contributed by atoms with Crippen LogP contribution in [0.2, 0.25) is 0 Å². The van der Waals surface area contributed by atoms with Crippen molar-refractivity contribution in [3.63, 3.8) is 0 Å². The molecule has 0 radical (unpaired) electrons. The van der Waals surface area contributed by atoms with Crippen LogP contribution in [0.15, 0.2) is 54.1 Å². The molecule has 112 valence electrons. The summed E-state index contributed by atoms with van der Waals surface area (Å²) in [6.45, 7) is 1.61. The third kappa shape index (κ3) is 3.73. The lowest BCUT2D eigenvalue weighted by molar-refractivity contribution is -0.130. The molecular formula is C17H16N2O3. The number of phenolic OH excluding ortho intramolecular Hbond substituents is 1. The zero-order chi connectivity index (χ0) is 16.1. The minimum Gasteiger partial charge on any atom is -0.507 e. The lowest BCUT2D eigenvalue weighted by atomic mass is 10.1. The van der Waals surface area contributed by atoms with E-state index in [0.29, 0.717) is 22.4 Å². The van der Waals surface area contributed by atoms with Gasteiger partial charge in [0, 0.05) is 16.7 Å². The molecule has 2 aromatic carbocycles. The van der Waals surface area contributed by atoms with Gasteiger partial charge in [0.15, 0.2) is 0 Å².